The van der Waals surface area contributed by atoms with Crippen LogP contribution in [0.1, 0.15) is 49.5 Å². The summed E-state index contributed by atoms with van der Waals surface area (Å²) in [5.41, 5.74) is 0.424. The predicted octanol–water partition coefficient (Wildman–Crippen LogP) is 2.27. The van der Waals surface area contributed by atoms with E-state index in [1.807, 2.05) is 0 Å². The molecule has 0 radical (unpaired) electrons. The summed E-state index contributed by atoms with van der Waals surface area (Å²) in [7, 11) is 0. The van der Waals surface area contributed by atoms with Crippen LogP contribution in [0.5, 0.6) is 0 Å². The first kappa shape index (κ1) is 14.6. The molecule has 1 heterocycles. The molecule has 0 bridgehead atoms. The van der Waals surface area contributed by atoms with Gasteiger partial charge in [-0.1, -0.05) is 26.2 Å². The quantitative estimate of drug-likeness (QED) is 0.868. The maximum absolute atomic E-state index is 12.3. The van der Waals surface area contributed by atoms with Crippen molar-refractivity contribution in [2.24, 2.45) is 5.92 Å². The van der Waals surface area contributed by atoms with Gasteiger partial charge in [-0.15, -0.1) is 0 Å². The molecule has 2 unspecified atom stereocenters. The molecule has 5 heteroatoms. The van der Waals surface area contributed by atoms with Crippen LogP contribution in [-0.4, -0.2) is 27.6 Å². The van der Waals surface area contributed by atoms with Crippen molar-refractivity contribution < 1.29 is 14.7 Å². The minimum Gasteiger partial charge on any atom is -0.480 e. The van der Waals surface area contributed by atoms with Gasteiger partial charge in [0.15, 0.2) is 0 Å². The van der Waals surface area contributed by atoms with Crippen LogP contribution < -0.4 is 5.32 Å². The van der Waals surface area contributed by atoms with E-state index in [0.29, 0.717) is 11.6 Å². The Labute approximate surface area is 119 Å². The number of hydrogen-bond acceptors (Lipinski definition) is 2. The van der Waals surface area contributed by atoms with Crippen molar-refractivity contribution in [2.45, 2.75) is 51.6 Å². The molecule has 1 aromatic heterocycles. The van der Waals surface area contributed by atoms with Crippen LogP contribution in [0.15, 0.2) is 18.3 Å². The summed E-state index contributed by atoms with van der Waals surface area (Å²) < 4.78 is 1.47. The van der Waals surface area contributed by atoms with Crippen molar-refractivity contribution in [3.8, 4) is 0 Å². The molecule has 0 aliphatic heterocycles. The predicted molar refractivity (Wildman–Crippen MR) is 75.6 cm³/mol. The number of carboxylic acid groups (broad SMARTS) is 1. The van der Waals surface area contributed by atoms with Crippen molar-refractivity contribution in [2.75, 3.05) is 0 Å². The molecule has 5 nitrogen and oxygen atoms in total. The highest BCUT2D eigenvalue weighted by atomic mass is 16.4. The second kappa shape index (κ2) is 6.59. The van der Waals surface area contributed by atoms with E-state index in [9.17, 15) is 9.59 Å². The van der Waals surface area contributed by atoms with Gasteiger partial charge in [-0.3, -0.25) is 9.59 Å². The Kier molecular flexibility index (Phi) is 4.82. The fraction of sp³-hybridized carbons (Fsp3) is 0.600. The van der Waals surface area contributed by atoms with Gasteiger partial charge < -0.3 is 15.0 Å². The number of rotatable bonds is 5. The number of hydrogen-bond donors (Lipinski definition) is 2. The summed E-state index contributed by atoms with van der Waals surface area (Å²) in [4.78, 5) is 23.1. The molecule has 1 saturated carbocycles. The second-order valence-corrected chi connectivity index (χ2v) is 5.45. The Morgan fingerprint density at radius 2 is 2.15 bits per heavy atom. The largest absolute Gasteiger partial charge is 0.480 e. The monoisotopic (exact) mass is 278 g/mol. The molecule has 1 amide bonds. The highest BCUT2D eigenvalue weighted by molar-refractivity contribution is 5.93. The van der Waals surface area contributed by atoms with Crippen LogP contribution in [0.2, 0.25) is 0 Å². The van der Waals surface area contributed by atoms with E-state index in [4.69, 9.17) is 5.11 Å². The van der Waals surface area contributed by atoms with Crippen LogP contribution in [-0.2, 0) is 11.3 Å². The van der Waals surface area contributed by atoms with Crippen molar-refractivity contribution >= 4 is 11.9 Å². The number of aliphatic carboxylic acids is 1. The summed E-state index contributed by atoms with van der Waals surface area (Å²) >= 11 is 0. The standard InChI is InChI=1S/C15H22N2O3/c1-2-11-6-3-4-7-12(11)16-15(20)13-8-5-9-17(13)10-14(18)19/h5,8-9,11-12H,2-4,6-7,10H2,1H3,(H,16,20)(H,18,19). The van der Waals surface area contributed by atoms with Crippen molar-refractivity contribution in [1.82, 2.24) is 9.88 Å². The molecule has 0 spiro atoms. The fourth-order valence-corrected chi connectivity index (χ4v) is 3.03. The maximum atomic E-state index is 12.3. The first-order valence-electron chi connectivity index (χ1n) is 7.29. The minimum atomic E-state index is -0.945. The average Bonchev–Trinajstić information content (AvgIpc) is 2.86. The molecule has 0 saturated heterocycles. The SMILES string of the molecule is CCC1CCCCC1NC(=O)c1cccn1CC(=O)O. The zero-order valence-corrected chi connectivity index (χ0v) is 11.8. The number of nitrogens with zero attached hydrogens (tertiary/aromatic N) is 1. The number of nitrogens with one attached hydrogen (secondary N) is 1. The Bertz CT molecular complexity index is 481. The summed E-state index contributed by atoms with van der Waals surface area (Å²) in [5, 5.41) is 11.9. The lowest BCUT2D eigenvalue weighted by Crippen LogP contribution is -2.42. The van der Waals surface area contributed by atoms with E-state index in [2.05, 4.69) is 12.2 Å². The van der Waals surface area contributed by atoms with Gasteiger partial charge in [-0.05, 0) is 30.9 Å². The average molecular weight is 278 g/mol. The number of amides is 1. The molecule has 1 fully saturated rings. The normalized spacial score (nSPS) is 22.4. The van der Waals surface area contributed by atoms with Gasteiger partial charge in [0, 0.05) is 12.2 Å². The van der Waals surface area contributed by atoms with Crippen LogP contribution >= 0.6 is 0 Å². The van der Waals surface area contributed by atoms with E-state index < -0.39 is 5.97 Å². The Balaban J connectivity index is 2.04. The van der Waals surface area contributed by atoms with Crippen molar-refractivity contribution in [3.63, 3.8) is 0 Å². The number of carboxylic acids is 1. The molecule has 1 aromatic rings. The van der Waals surface area contributed by atoms with Crippen molar-refractivity contribution in [1.29, 1.82) is 0 Å². The van der Waals surface area contributed by atoms with Crippen molar-refractivity contribution in [3.05, 3.63) is 24.0 Å². The smallest absolute Gasteiger partial charge is 0.323 e. The van der Waals surface area contributed by atoms with E-state index >= 15 is 0 Å². The van der Waals surface area contributed by atoms with Gasteiger partial charge in [0.1, 0.15) is 12.2 Å². The van der Waals surface area contributed by atoms with Crippen LogP contribution in [0, 0.1) is 5.92 Å². The zero-order chi connectivity index (χ0) is 14.5. The molecule has 2 atom stereocenters. The number of carbonyl (C=O) groups is 2. The third kappa shape index (κ3) is 3.40. The van der Waals surface area contributed by atoms with E-state index in [-0.39, 0.29) is 18.5 Å². The molecule has 0 aromatic carbocycles. The van der Waals surface area contributed by atoms with Gasteiger partial charge in [0.25, 0.3) is 5.91 Å². The van der Waals surface area contributed by atoms with Crippen LogP contribution in [0.3, 0.4) is 0 Å². The maximum Gasteiger partial charge on any atom is 0.323 e. The molecule has 1 aliphatic carbocycles. The number of carbonyl (C=O) groups excluding carboxylic acids is 1. The molecule has 20 heavy (non-hydrogen) atoms. The molecular weight excluding hydrogens is 256 g/mol. The molecule has 1 aliphatic rings. The summed E-state index contributed by atoms with van der Waals surface area (Å²) in [6.07, 6.45) is 7.27. The summed E-state index contributed by atoms with van der Waals surface area (Å²) in [6, 6.07) is 3.59. The fourth-order valence-electron chi connectivity index (χ4n) is 3.03. The first-order valence-corrected chi connectivity index (χ1v) is 7.29. The van der Waals surface area contributed by atoms with Gasteiger partial charge in [-0.2, -0.15) is 0 Å². The van der Waals surface area contributed by atoms with Crippen LogP contribution in [0.4, 0.5) is 0 Å². The van der Waals surface area contributed by atoms with E-state index in [1.165, 1.54) is 11.0 Å². The zero-order valence-electron chi connectivity index (χ0n) is 11.8. The molecule has 2 rings (SSSR count). The Hall–Kier alpha value is -1.78. The van der Waals surface area contributed by atoms with Gasteiger partial charge in [-0.25, -0.2) is 0 Å². The van der Waals surface area contributed by atoms with Gasteiger partial charge in [0.05, 0.1) is 0 Å². The van der Waals surface area contributed by atoms with Gasteiger partial charge in [0.2, 0.25) is 0 Å². The highest BCUT2D eigenvalue weighted by Crippen LogP contribution is 2.27. The van der Waals surface area contributed by atoms with E-state index in [1.54, 1.807) is 18.3 Å². The summed E-state index contributed by atoms with van der Waals surface area (Å²) in [5.74, 6) is -0.573. The number of aromatic nitrogens is 1. The lowest BCUT2D eigenvalue weighted by Gasteiger charge is -2.31. The van der Waals surface area contributed by atoms with Crippen LogP contribution in [0.25, 0.3) is 0 Å². The first-order chi connectivity index (χ1) is 9.61. The third-order valence-corrected chi connectivity index (χ3v) is 4.12. The lowest BCUT2D eigenvalue weighted by molar-refractivity contribution is -0.137. The van der Waals surface area contributed by atoms with E-state index in [0.717, 1.165) is 25.7 Å². The highest BCUT2D eigenvalue weighted by Gasteiger charge is 2.26. The minimum absolute atomic E-state index is 0.165. The Morgan fingerprint density at radius 1 is 1.40 bits per heavy atom. The topological polar surface area (TPSA) is 71.3 Å². The molecule has 110 valence electrons. The van der Waals surface area contributed by atoms with Gasteiger partial charge >= 0.3 is 5.97 Å². The third-order valence-electron chi connectivity index (χ3n) is 4.12. The molecule has 2 N–H and O–H groups in total. The Morgan fingerprint density at radius 3 is 2.85 bits per heavy atom. The molecular formula is C15H22N2O3. The lowest BCUT2D eigenvalue weighted by atomic mass is 9.83. The second-order valence-electron chi connectivity index (χ2n) is 5.45. The summed E-state index contributed by atoms with van der Waals surface area (Å²) in [6.45, 7) is 1.97.